The average Bonchev–Trinajstić information content (AvgIpc) is 3.01. The van der Waals surface area contributed by atoms with Crippen LogP contribution in [-0.2, 0) is 30.4 Å². The van der Waals surface area contributed by atoms with Crippen molar-refractivity contribution in [1.29, 1.82) is 0 Å². The molecule has 1 amide bonds. The van der Waals surface area contributed by atoms with Gasteiger partial charge >= 0.3 is 11.9 Å². The Kier molecular flexibility index (Phi) is 8.04. The van der Waals surface area contributed by atoms with Gasteiger partial charge in [-0.2, -0.15) is 0 Å². The minimum Gasteiger partial charge on any atom is -0.466 e. The lowest BCUT2D eigenvalue weighted by molar-refractivity contribution is -0.144. The molecule has 174 valence electrons. The van der Waals surface area contributed by atoms with E-state index < -0.39 is 11.4 Å². The van der Waals surface area contributed by atoms with Crippen molar-refractivity contribution < 1.29 is 23.9 Å². The summed E-state index contributed by atoms with van der Waals surface area (Å²) in [6.07, 6.45) is 0.319. The van der Waals surface area contributed by atoms with Crippen molar-refractivity contribution in [2.45, 2.75) is 46.6 Å². The molecule has 3 rings (SSSR count). The van der Waals surface area contributed by atoms with Gasteiger partial charge in [0.15, 0.2) is 0 Å². The standard InChI is InChI=1S/C27H31NO5/c1-4-32-23(29)16-17-27(3)22(18-24(30)33-5-2)25(21-14-10-7-11-15-21)28(26(27)31)19-20-12-8-6-9-13-20/h6-15H,4-5,16-19H2,1-3H3. The van der Waals surface area contributed by atoms with E-state index in [1.54, 1.807) is 18.7 Å². The minimum atomic E-state index is -1.03. The fraction of sp³-hybridized carbons (Fsp3) is 0.370. The molecule has 1 atom stereocenters. The molecular weight excluding hydrogens is 418 g/mol. The van der Waals surface area contributed by atoms with Crippen LogP contribution in [0.25, 0.3) is 5.70 Å². The Morgan fingerprint density at radius 3 is 2.06 bits per heavy atom. The summed E-state index contributed by atoms with van der Waals surface area (Å²) in [4.78, 5) is 40.4. The van der Waals surface area contributed by atoms with Crippen LogP contribution in [0.5, 0.6) is 0 Å². The van der Waals surface area contributed by atoms with E-state index in [2.05, 4.69) is 0 Å². The molecule has 0 aliphatic carbocycles. The summed E-state index contributed by atoms with van der Waals surface area (Å²) < 4.78 is 10.3. The molecule has 0 saturated carbocycles. The first kappa shape index (κ1) is 24.2. The highest BCUT2D eigenvalue weighted by Gasteiger charge is 2.50. The molecule has 0 fully saturated rings. The van der Waals surface area contributed by atoms with Crippen molar-refractivity contribution in [3.8, 4) is 0 Å². The normalized spacial score (nSPS) is 17.9. The van der Waals surface area contributed by atoms with Crippen molar-refractivity contribution in [1.82, 2.24) is 4.90 Å². The van der Waals surface area contributed by atoms with Gasteiger partial charge in [0.05, 0.1) is 37.3 Å². The fourth-order valence-corrected chi connectivity index (χ4v) is 4.27. The number of ether oxygens (including phenoxy) is 2. The van der Waals surface area contributed by atoms with E-state index in [0.717, 1.165) is 11.1 Å². The number of benzene rings is 2. The van der Waals surface area contributed by atoms with Crippen molar-refractivity contribution in [2.75, 3.05) is 13.2 Å². The maximum absolute atomic E-state index is 13.9. The second kappa shape index (κ2) is 10.9. The van der Waals surface area contributed by atoms with E-state index in [-0.39, 0.29) is 44.4 Å². The van der Waals surface area contributed by atoms with Gasteiger partial charge in [0.2, 0.25) is 5.91 Å². The van der Waals surface area contributed by atoms with Crippen LogP contribution in [0.3, 0.4) is 0 Å². The molecule has 0 radical (unpaired) electrons. The van der Waals surface area contributed by atoms with Gasteiger partial charge in [-0.25, -0.2) is 0 Å². The number of hydrogen-bond acceptors (Lipinski definition) is 5. The Bertz CT molecular complexity index is 1020. The summed E-state index contributed by atoms with van der Waals surface area (Å²) in [5, 5.41) is 0. The van der Waals surface area contributed by atoms with Gasteiger partial charge in [0, 0.05) is 6.42 Å². The molecule has 0 aromatic heterocycles. The number of hydrogen-bond donors (Lipinski definition) is 0. The van der Waals surface area contributed by atoms with Crippen molar-refractivity contribution in [2.24, 2.45) is 5.41 Å². The van der Waals surface area contributed by atoms with Crippen LogP contribution >= 0.6 is 0 Å². The highest BCUT2D eigenvalue weighted by atomic mass is 16.5. The van der Waals surface area contributed by atoms with E-state index in [0.29, 0.717) is 17.8 Å². The van der Waals surface area contributed by atoms with Crippen LogP contribution in [0.4, 0.5) is 0 Å². The van der Waals surface area contributed by atoms with Crippen LogP contribution in [-0.4, -0.2) is 36.0 Å². The molecule has 2 aromatic carbocycles. The topological polar surface area (TPSA) is 72.9 Å². The molecule has 1 unspecified atom stereocenters. The summed E-state index contributed by atoms with van der Waals surface area (Å²) in [6.45, 7) is 6.23. The van der Waals surface area contributed by atoms with Gasteiger partial charge in [-0.1, -0.05) is 60.7 Å². The maximum Gasteiger partial charge on any atom is 0.310 e. The highest BCUT2D eigenvalue weighted by molar-refractivity contribution is 6.02. The summed E-state index contributed by atoms with van der Waals surface area (Å²) in [5.41, 5.74) is 2.19. The van der Waals surface area contributed by atoms with Crippen molar-refractivity contribution in [3.05, 3.63) is 77.4 Å². The van der Waals surface area contributed by atoms with E-state index in [9.17, 15) is 14.4 Å². The Hall–Kier alpha value is -3.41. The molecule has 1 aliphatic heterocycles. The predicted molar refractivity (Wildman–Crippen MR) is 126 cm³/mol. The summed E-state index contributed by atoms with van der Waals surface area (Å²) in [6, 6.07) is 19.3. The second-order valence-electron chi connectivity index (χ2n) is 8.19. The molecule has 33 heavy (non-hydrogen) atoms. The lowest BCUT2D eigenvalue weighted by Crippen LogP contribution is -2.35. The number of rotatable bonds is 10. The lowest BCUT2D eigenvalue weighted by Gasteiger charge is -2.27. The van der Waals surface area contributed by atoms with Gasteiger partial charge in [0.1, 0.15) is 0 Å². The Morgan fingerprint density at radius 2 is 1.45 bits per heavy atom. The van der Waals surface area contributed by atoms with Crippen molar-refractivity contribution in [3.63, 3.8) is 0 Å². The quantitative estimate of drug-likeness (QED) is 0.490. The van der Waals surface area contributed by atoms with Crippen LogP contribution in [0.2, 0.25) is 0 Å². The summed E-state index contributed by atoms with van der Waals surface area (Å²) >= 11 is 0. The van der Waals surface area contributed by atoms with Crippen LogP contribution in [0.1, 0.15) is 51.2 Å². The molecule has 2 aromatic rings. The van der Waals surface area contributed by atoms with E-state index >= 15 is 0 Å². The first-order valence-corrected chi connectivity index (χ1v) is 11.4. The van der Waals surface area contributed by atoms with Crippen molar-refractivity contribution >= 4 is 23.5 Å². The van der Waals surface area contributed by atoms with E-state index in [1.165, 1.54) is 0 Å². The minimum absolute atomic E-state index is 0.0194. The summed E-state index contributed by atoms with van der Waals surface area (Å²) in [5.74, 6) is -0.878. The predicted octanol–water partition coefficient (Wildman–Crippen LogP) is 4.74. The highest BCUT2D eigenvalue weighted by Crippen LogP contribution is 2.49. The molecule has 6 nitrogen and oxygen atoms in total. The zero-order chi connectivity index (χ0) is 23.8. The van der Waals surface area contributed by atoms with E-state index in [4.69, 9.17) is 9.47 Å². The molecule has 0 N–H and O–H groups in total. The van der Waals surface area contributed by atoms with Gasteiger partial charge < -0.3 is 14.4 Å². The smallest absolute Gasteiger partial charge is 0.310 e. The first-order chi connectivity index (χ1) is 15.9. The third-order valence-corrected chi connectivity index (χ3v) is 5.93. The zero-order valence-corrected chi connectivity index (χ0v) is 19.5. The number of carbonyl (C=O) groups excluding carboxylic acids is 3. The van der Waals surface area contributed by atoms with Crippen LogP contribution < -0.4 is 0 Å². The molecule has 0 bridgehead atoms. The molecular formula is C27H31NO5. The third-order valence-electron chi connectivity index (χ3n) is 5.93. The number of nitrogens with zero attached hydrogens (tertiary/aromatic N) is 1. The van der Waals surface area contributed by atoms with Gasteiger partial charge in [-0.3, -0.25) is 14.4 Å². The zero-order valence-electron chi connectivity index (χ0n) is 19.5. The maximum atomic E-state index is 13.9. The van der Waals surface area contributed by atoms with Gasteiger partial charge in [0.25, 0.3) is 0 Å². The average molecular weight is 450 g/mol. The molecule has 0 saturated heterocycles. The molecule has 1 aliphatic rings. The van der Waals surface area contributed by atoms with Crippen LogP contribution in [0, 0.1) is 5.41 Å². The fourth-order valence-electron chi connectivity index (χ4n) is 4.27. The number of esters is 2. The SMILES string of the molecule is CCOC(=O)CCC1(C)C(=O)N(Cc2ccccc2)C(c2ccccc2)=C1CC(=O)OCC. The Labute approximate surface area is 195 Å². The number of carbonyl (C=O) groups is 3. The van der Waals surface area contributed by atoms with Crippen LogP contribution in [0.15, 0.2) is 66.2 Å². The third kappa shape index (κ3) is 5.51. The van der Waals surface area contributed by atoms with Gasteiger partial charge in [-0.15, -0.1) is 0 Å². The Balaban J connectivity index is 2.10. The Morgan fingerprint density at radius 1 is 0.879 bits per heavy atom. The first-order valence-electron chi connectivity index (χ1n) is 11.4. The van der Waals surface area contributed by atoms with Gasteiger partial charge in [-0.05, 0) is 43.9 Å². The summed E-state index contributed by atoms with van der Waals surface area (Å²) in [7, 11) is 0. The lowest BCUT2D eigenvalue weighted by atomic mass is 9.77. The largest absolute Gasteiger partial charge is 0.466 e. The second-order valence-corrected chi connectivity index (χ2v) is 8.19. The number of amides is 1. The molecule has 6 heteroatoms. The van der Waals surface area contributed by atoms with E-state index in [1.807, 2.05) is 67.6 Å². The molecule has 0 spiro atoms. The molecule has 1 heterocycles. The monoisotopic (exact) mass is 449 g/mol.